The second kappa shape index (κ2) is 5.39. The zero-order valence-electron chi connectivity index (χ0n) is 5.93. The molecule has 7 nitrogen and oxygen atoms in total. The van der Waals surface area contributed by atoms with Gasteiger partial charge in [-0.1, -0.05) is 6.92 Å². The molecule has 1 unspecified atom stereocenters. The molecule has 0 spiro atoms. The van der Waals surface area contributed by atoms with Gasteiger partial charge in [-0.25, -0.2) is 0 Å². The van der Waals surface area contributed by atoms with Crippen molar-refractivity contribution in [1.82, 2.24) is 0 Å². The van der Waals surface area contributed by atoms with Crippen molar-refractivity contribution in [2.75, 3.05) is 6.61 Å². The largest absolute Gasteiger partial charge is 0.359 e. The molecular formula is C4H8N2O5. The zero-order valence-corrected chi connectivity index (χ0v) is 5.93. The number of hydrogen-bond donors (Lipinski definition) is 0. The lowest BCUT2D eigenvalue weighted by Crippen LogP contribution is -2.18. The Hall–Kier alpha value is -1.40. The first kappa shape index (κ1) is 9.60. The second-order valence-corrected chi connectivity index (χ2v) is 1.73. The minimum Gasteiger partial charge on any atom is -0.359 e. The van der Waals surface area contributed by atoms with E-state index in [1.807, 2.05) is 0 Å². The summed E-state index contributed by atoms with van der Waals surface area (Å²) >= 11 is 0. The quantitative estimate of drug-likeness (QED) is 0.327. The van der Waals surface area contributed by atoms with Gasteiger partial charge in [0.25, 0.3) is 5.09 Å². The van der Waals surface area contributed by atoms with Crippen LogP contribution in [0.25, 0.3) is 0 Å². The summed E-state index contributed by atoms with van der Waals surface area (Å²) in [5, 5.41) is 10.8. The number of nitrogens with zero attached hydrogens (tertiary/aromatic N) is 2. The summed E-state index contributed by atoms with van der Waals surface area (Å²) in [4.78, 5) is 27.3. The van der Waals surface area contributed by atoms with Gasteiger partial charge in [-0.2, -0.15) is 0 Å². The van der Waals surface area contributed by atoms with Crippen molar-refractivity contribution in [3.63, 3.8) is 0 Å². The molecule has 0 bridgehead atoms. The molecule has 0 fully saturated rings. The molecule has 0 aliphatic rings. The summed E-state index contributed by atoms with van der Waals surface area (Å²) in [7, 11) is 0. The van der Waals surface area contributed by atoms with Crippen molar-refractivity contribution in [1.29, 1.82) is 0 Å². The summed E-state index contributed by atoms with van der Waals surface area (Å²) in [5.74, 6) is 0. The maximum atomic E-state index is 9.64. The van der Waals surface area contributed by atoms with Gasteiger partial charge in [0.05, 0.1) is 0 Å². The summed E-state index contributed by atoms with van der Waals surface area (Å²) in [6, 6.07) is 0. The molecule has 0 saturated heterocycles. The molecule has 0 aliphatic carbocycles. The van der Waals surface area contributed by atoms with E-state index in [2.05, 4.69) is 15.0 Å². The van der Waals surface area contributed by atoms with E-state index in [4.69, 9.17) is 0 Å². The molecule has 1 atom stereocenters. The summed E-state index contributed by atoms with van der Waals surface area (Å²) in [6.07, 6.45) is -0.211. The lowest BCUT2D eigenvalue weighted by molar-refractivity contribution is -0.759. The summed E-state index contributed by atoms with van der Waals surface area (Å²) in [6.45, 7) is 1.42. The Kier molecular flexibility index (Phi) is 4.70. The third-order valence-electron chi connectivity index (χ3n) is 1.01. The molecule has 0 aliphatic heterocycles. The molecule has 0 aromatic carbocycles. The standard InChI is InChI=1S/C4H8N2O5/c1-2-4(11-5-7)3-10-6(8)9/h4H,2-3H2,1H3. The first-order chi connectivity index (χ1) is 5.20. The van der Waals surface area contributed by atoms with Crippen molar-refractivity contribution < 1.29 is 14.8 Å². The fraction of sp³-hybridized carbons (Fsp3) is 1.00. The van der Waals surface area contributed by atoms with E-state index < -0.39 is 11.2 Å². The van der Waals surface area contributed by atoms with Crippen LogP contribution >= 0.6 is 0 Å². The van der Waals surface area contributed by atoms with Gasteiger partial charge in [0.1, 0.15) is 6.61 Å². The fourth-order valence-corrected chi connectivity index (χ4v) is 0.428. The van der Waals surface area contributed by atoms with Crippen LogP contribution in [-0.4, -0.2) is 17.8 Å². The minimum absolute atomic E-state index is 0.269. The number of hydrogen-bond acceptors (Lipinski definition) is 6. The maximum absolute atomic E-state index is 9.64. The average Bonchev–Trinajstić information content (AvgIpc) is 1.97. The van der Waals surface area contributed by atoms with E-state index >= 15 is 0 Å². The Morgan fingerprint density at radius 1 is 1.73 bits per heavy atom. The molecule has 11 heavy (non-hydrogen) atoms. The van der Waals surface area contributed by atoms with Crippen LogP contribution in [0.5, 0.6) is 0 Å². The molecule has 0 rings (SSSR count). The van der Waals surface area contributed by atoms with Gasteiger partial charge in [-0.3, -0.25) is 0 Å². The first-order valence-electron chi connectivity index (χ1n) is 2.96. The molecular weight excluding hydrogens is 156 g/mol. The van der Waals surface area contributed by atoms with E-state index in [9.17, 15) is 15.0 Å². The SMILES string of the molecule is CCC(CO[N+](=O)[O-])ON=O. The Labute approximate surface area is 62.3 Å². The second-order valence-electron chi connectivity index (χ2n) is 1.73. The van der Waals surface area contributed by atoms with Crippen molar-refractivity contribution in [3.05, 3.63) is 15.0 Å². The predicted octanol–water partition coefficient (Wildman–Crippen LogP) is 0.671. The van der Waals surface area contributed by atoms with E-state index in [1.54, 1.807) is 6.92 Å². The topological polar surface area (TPSA) is 91.0 Å². The average molecular weight is 164 g/mol. The van der Waals surface area contributed by atoms with Crippen LogP contribution in [0, 0.1) is 15.0 Å². The highest BCUT2D eigenvalue weighted by Crippen LogP contribution is 1.98. The van der Waals surface area contributed by atoms with Crippen LogP contribution in [0.4, 0.5) is 0 Å². The molecule has 0 aromatic heterocycles. The lowest BCUT2D eigenvalue weighted by atomic mass is 10.3. The highest BCUT2D eigenvalue weighted by atomic mass is 17.0. The predicted molar refractivity (Wildman–Crippen MR) is 33.9 cm³/mol. The van der Waals surface area contributed by atoms with Crippen LogP contribution in [0.15, 0.2) is 5.34 Å². The normalized spacial score (nSPS) is 11.7. The van der Waals surface area contributed by atoms with Crippen LogP contribution in [0.3, 0.4) is 0 Å². The molecule has 7 heteroatoms. The Morgan fingerprint density at radius 3 is 2.73 bits per heavy atom. The Morgan fingerprint density at radius 2 is 2.36 bits per heavy atom. The van der Waals surface area contributed by atoms with E-state index in [-0.39, 0.29) is 6.61 Å². The van der Waals surface area contributed by atoms with Gasteiger partial charge in [0.15, 0.2) is 11.4 Å². The van der Waals surface area contributed by atoms with Crippen molar-refractivity contribution in [3.8, 4) is 0 Å². The monoisotopic (exact) mass is 164 g/mol. The van der Waals surface area contributed by atoms with E-state index in [1.165, 1.54) is 0 Å². The third kappa shape index (κ3) is 5.07. The molecule has 0 heterocycles. The van der Waals surface area contributed by atoms with E-state index in [0.717, 1.165) is 0 Å². The highest BCUT2D eigenvalue weighted by molar-refractivity contribution is 4.49. The van der Waals surface area contributed by atoms with Gasteiger partial charge in [-0.05, 0) is 6.42 Å². The molecule has 0 radical (unpaired) electrons. The van der Waals surface area contributed by atoms with Gasteiger partial charge < -0.3 is 9.68 Å². The Balaban J connectivity index is 3.51. The lowest BCUT2D eigenvalue weighted by Gasteiger charge is -2.07. The molecule has 0 N–H and O–H groups in total. The van der Waals surface area contributed by atoms with Gasteiger partial charge >= 0.3 is 0 Å². The van der Waals surface area contributed by atoms with Crippen LogP contribution in [0.2, 0.25) is 0 Å². The van der Waals surface area contributed by atoms with Crippen molar-refractivity contribution in [2.24, 2.45) is 5.34 Å². The molecule has 0 amide bonds. The molecule has 0 saturated carbocycles. The highest BCUT2D eigenvalue weighted by Gasteiger charge is 2.09. The molecule has 64 valence electrons. The third-order valence-corrected chi connectivity index (χ3v) is 1.01. The van der Waals surface area contributed by atoms with Crippen LogP contribution in [0.1, 0.15) is 13.3 Å². The van der Waals surface area contributed by atoms with Crippen LogP contribution < -0.4 is 0 Å². The maximum Gasteiger partial charge on any atom is 0.294 e. The first-order valence-corrected chi connectivity index (χ1v) is 2.96. The number of rotatable bonds is 6. The smallest absolute Gasteiger partial charge is 0.294 e. The van der Waals surface area contributed by atoms with Gasteiger partial charge in [0.2, 0.25) is 0 Å². The van der Waals surface area contributed by atoms with Gasteiger partial charge in [0, 0.05) is 0 Å². The summed E-state index contributed by atoms with van der Waals surface area (Å²) < 4.78 is 0. The van der Waals surface area contributed by atoms with Crippen molar-refractivity contribution in [2.45, 2.75) is 19.4 Å². The summed E-state index contributed by atoms with van der Waals surface area (Å²) in [5.41, 5.74) is 0. The van der Waals surface area contributed by atoms with Crippen LogP contribution in [-0.2, 0) is 9.68 Å². The van der Waals surface area contributed by atoms with Gasteiger partial charge in [-0.15, -0.1) is 15.0 Å². The molecule has 0 aromatic rings. The fourth-order valence-electron chi connectivity index (χ4n) is 0.428. The zero-order chi connectivity index (χ0) is 8.69. The van der Waals surface area contributed by atoms with Crippen molar-refractivity contribution >= 4 is 0 Å². The van der Waals surface area contributed by atoms with E-state index in [0.29, 0.717) is 6.42 Å². The minimum atomic E-state index is -0.948. The Bertz CT molecular complexity index is 138.